The first-order valence-corrected chi connectivity index (χ1v) is 14.2. The molecule has 4 rings (SSSR count). The van der Waals surface area contributed by atoms with Crippen LogP contribution in [0.25, 0.3) is 0 Å². The number of hydrogen-bond donors (Lipinski definition) is 4. The average molecular weight is 589 g/mol. The summed E-state index contributed by atoms with van der Waals surface area (Å²) in [6.45, 7) is 6.47. The molecule has 0 saturated heterocycles. The van der Waals surface area contributed by atoms with Crippen molar-refractivity contribution in [1.82, 2.24) is 21.3 Å². The van der Waals surface area contributed by atoms with Crippen molar-refractivity contribution < 1.29 is 23.9 Å². The van der Waals surface area contributed by atoms with Crippen molar-refractivity contribution in [3.8, 4) is 11.5 Å². The standard InChI is InChI=1S/C31H44N4O5.ClH/c1-23(2)13-14-31(30(38)34-20-24-8-5-4-6-9-24)19-25-11-12-26(27(18-25)39-3)40-21-29(37)33-17-16-32-15-7-10-28(36)35-22-31;/h4-6,8-9,11-12,18,23,32H,7,10,13-17,19-22H2,1-3H3,(H,33,37)(H,34,38)(H,35,36);1H. The van der Waals surface area contributed by atoms with Gasteiger partial charge >= 0.3 is 0 Å². The molecule has 226 valence electrons. The summed E-state index contributed by atoms with van der Waals surface area (Å²) in [5.41, 5.74) is 1.02. The van der Waals surface area contributed by atoms with Crippen molar-refractivity contribution in [2.24, 2.45) is 11.3 Å². The predicted molar refractivity (Wildman–Crippen MR) is 162 cm³/mol. The van der Waals surface area contributed by atoms with E-state index in [1.165, 1.54) is 0 Å². The van der Waals surface area contributed by atoms with E-state index in [0.29, 0.717) is 69.3 Å². The van der Waals surface area contributed by atoms with E-state index in [1.807, 2.05) is 42.5 Å². The van der Waals surface area contributed by atoms with Crippen LogP contribution >= 0.6 is 12.4 Å². The van der Waals surface area contributed by atoms with Gasteiger partial charge in [0.05, 0.1) is 12.5 Å². The van der Waals surface area contributed by atoms with Gasteiger partial charge in [0.25, 0.3) is 5.91 Å². The Labute approximate surface area is 249 Å². The van der Waals surface area contributed by atoms with Crippen molar-refractivity contribution >= 4 is 30.1 Å². The minimum atomic E-state index is -0.872. The summed E-state index contributed by atoms with van der Waals surface area (Å²) < 4.78 is 11.3. The third kappa shape index (κ3) is 11.2. The normalized spacial score (nSPS) is 18.9. The van der Waals surface area contributed by atoms with Gasteiger partial charge in [-0.25, -0.2) is 0 Å². The number of amides is 3. The Morgan fingerprint density at radius 1 is 1.05 bits per heavy atom. The predicted octanol–water partition coefficient (Wildman–Crippen LogP) is 3.39. The number of carbonyl (C=O) groups is 3. The highest BCUT2D eigenvalue weighted by Crippen LogP contribution is 2.35. The smallest absolute Gasteiger partial charge is 0.257 e. The summed E-state index contributed by atoms with van der Waals surface area (Å²) in [6.07, 6.45) is 2.83. The Morgan fingerprint density at radius 2 is 1.83 bits per heavy atom. The molecule has 0 saturated carbocycles. The highest BCUT2D eigenvalue weighted by atomic mass is 35.5. The Bertz CT molecular complexity index is 1110. The molecular formula is C31H45ClN4O5. The van der Waals surface area contributed by atoms with Gasteiger partial charge in [0, 0.05) is 32.6 Å². The van der Waals surface area contributed by atoms with Crippen LogP contribution < -0.4 is 30.7 Å². The maximum Gasteiger partial charge on any atom is 0.257 e. The number of benzene rings is 2. The molecule has 2 heterocycles. The first kappa shape index (κ1) is 33.9. The number of rotatable bonds is 7. The van der Waals surface area contributed by atoms with Crippen LogP contribution in [0.3, 0.4) is 0 Å². The molecule has 0 aliphatic carbocycles. The van der Waals surface area contributed by atoms with Crippen molar-refractivity contribution in [1.29, 1.82) is 0 Å². The molecule has 0 radical (unpaired) electrons. The molecule has 0 aromatic heterocycles. The molecule has 1 unspecified atom stereocenters. The molecule has 2 aliphatic heterocycles. The number of halogens is 1. The van der Waals surface area contributed by atoms with Gasteiger partial charge in [-0.15, -0.1) is 12.4 Å². The Balaban J connectivity index is 0.00000588. The molecule has 2 aromatic rings. The second-order valence-corrected chi connectivity index (χ2v) is 10.8. The number of fused-ring (bicyclic) bond motifs is 16. The van der Waals surface area contributed by atoms with Gasteiger partial charge in [-0.1, -0.05) is 50.2 Å². The van der Waals surface area contributed by atoms with Crippen molar-refractivity contribution in [2.75, 3.05) is 39.9 Å². The molecule has 3 amide bonds. The lowest BCUT2D eigenvalue weighted by atomic mass is 9.75. The van der Waals surface area contributed by atoms with Crippen LogP contribution in [0, 0.1) is 11.3 Å². The quantitative estimate of drug-likeness (QED) is 0.368. The summed E-state index contributed by atoms with van der Waals surface area (Å²) >= 11 is 0. The second kappa shape index (κ2) is 17.5. The largest absolute Gasteiger partial charge is 0.493 e. The SMILES string of the molecule is COc1cc2ccc1OCC(=O)NCCNCCCC(=O)NCC(CCC(C)C)(C(=O)NCc1ccccc1)C2.Cl. The zero-order valence-electron chi connectivity index (χ0n) is 24.4. The first-order chi connectivity index (χ1) is 19.3. The van der Waals surface area contributed by atoms with Gasteiger partial charge in [-0.05, 0) is 61.4 Å². The van der Waals surface area contributed by atoms with E-state index in [9.17, 15) is 14.4 Å². The first-order valence-electron chi connectivity index (χ1n) is 14.2. The van der Waals surface area contributed by atoms with E-state index in [1.54, 1.807) is 13.2 Å². The molecular weight excluding hydrogens is 544 g/mol. The monoisotopic (exact) mass is 588 g/mol. The minimum absolute atomic E-state index is 0. The van der Waals surface area contributed by atoms with Crippen LogP contribution in [0.1, 0.15) is 50.7 Å². The average Bonchev–Trinajstić information content (AvgIpc) is 2.96. The van der Waals surface area contributed by atoms with Crippen LogP contribution in [0.4, 0.5) is 0 Å². The highest BCUT2D eigenvalue weighted by molar-refractivity contribution is 5.85. The summed E-state index contributed by atoms with van der Waals surface area (Å²) in [4.78, 5) is 39.1. The lowest BCUT2D eigenvalue weighted by Crippen LogP contribution is -2.50. The maximum atomic E-state index is 14.0. The van der Waals surface area contributed by atoms with E-state index >= 15 is 0 Å². The zero-order chi connectivity index (χ0) is 28.8. The topological polar surface area (TPSA) is 118 Å². The number of hydrogen-bond acceptors (Lipinski definition) is 6. The third-order valence-corrected chi connectivity index (χ3v) is 7.11. The lowest BCUT2D eigenvalue weighted by molar-refractivity contribution is -0.132. The van der Waals surface area contributed by atoms with Crippen LogP contribution in [-0.4, -0.2) is 57.6 Å². The van der Waals surface area contributed by atoms with Gasteiger partial charge in [0.15, 0.2) is 18.1 Å². The Hall–Kier alpha value is -3.30. The second-order valence-electron chi connectivity index (χ2n) is 10.8. The molecule has 1 atom stereocenters. The van der Waals surface area contributed by atoms with Crippen molar-refractivity contribution in [2.45, 2.75) is 52.5 Å². The van der Waals surface area contributed by atoms with Crippen LogP contribution in [-0.2, 0) is 27.3 Å². The van der Waals surface area contributed by atoms with E-state index < -0.39 is 5.41 Å². The third-order valence-electron chi connectivity index (χ3n) is 7.11. The molecule has 4 N–H and O–H groups in total. The molecule has 2 aromatic carbocycles. The van der Waals surface area contributed by atoms with Crippen molar-refractivity contribution in [3.63, 3.8) is 0 Å². The fraction of sp³-hybridized carbons (Fsp3) is 0.516. The number of carbonyl (C=O) groups excluding carboxylic acids is 3. The Kier molecular flexibility index (Phi) is 14.5. The van der Waals surface area contributed by atoms with E-state index in [2.05, 4.69) is 35.1 Å². The number of ether oxygens (including phenoxy) is 2. The molecule has 0 spiro atoms. The fourth-order valence-corrected chi connectivity index (χ4v) is 4.72. The van der Waals surface area contributed by atoms with Crippen LogP contribution in [0.15, 0.2) is 48.5 Å². The fourth-order valence-electron chi connectivity index (χ4n) is 4.72. The summed E-state index contributed by atoms with van der Waals surface area (Å²) in [6, 6.07) is 15.3. The van der Waals surface area contributed by atoms with Gasteiger partial charge in [-0.3, -0.25) is 14.4 Å². The van der Waals surface area contributed by atoms with Crippen molar-refractivity contribution in [3.05, 3.63) is 59.7 Å². The maximum absolute atomic E-state index is 14.0. The minimum Gasteiger partial charge on any atom is -0.493 e. The summed E-state index contributed by atoms with van der Waals surface area (Å²) in [5.74, 6) is 0.908. The molecule has 10 heteroatoms. The van der Waals surface area contributed by atoms with Crippen LogP contribution in [0.2, 0.25) is 0 Å². The number of nitrogens with one attached hydrogen (secondary N) is 4. The van der Waals surface area contributed by atoms with Crippen LogP contribution in [0.5, 0.6) is 11.5 Å². The number of methoxy groups -OCH3 is 1. The highest BCUT2D eigenvalue weighted by Gasteiger charge is 2.39. The summed E-state index contributed by atoms with van der Waals surface area (Å²) in [7, 11) is 1.55. The lowest BCUT2D eigenvalue weighted by Gasteiger charge is -2.34. The van der Waals surface area contributed by atoms with E-state index in [4.69, 9.17) is 9.47 Å². The zero-order valence-corrected chi connectivity index (χ0v) is 25.2. The van der Waals surface area contributed by atoms with Gasteiger partial charge < -0.3 is 30.7 Å². The molecule has 41 heavy (non-hydrogen) atoms. The molecule has 2 aliphatic rings. The van der Waals surface area contributed by atoms with Gasteiger partial charge in [0.2, 0.25) is 11.8 Å². The van der Waals surface area contributed by atoms with E-state index in [-0.39, 0.29) is 43.3 Å². The molecule has 0 fully saturated rings. The summed E-state index contributed by atoms with van der Waals surface area (Å²) in [5, 5.41) is 12.3. The van der Waals surface area contributed by atoms with Gasteiger partial charge in [-0.2, -0.15) is 0 Å². The molecule has 9 nitrogen and oxygen atoms in total. The molecule has 2 bridgehead atoms. The van der Waals surface area contributed by atoms with Gasteiger partial charge in [0.1, 0.15) is 0 Å². The van der Waals surface area contributed by atoms with E-state index in [0.717, 1.165) is 17.5 Å². The Morgan fingerprint density at radius 3 is 2.56 bits per heavy atom.